The Labute approximate surface area is 149 Å². The molecular formula is C18H20BrNO4. The van der Waals surface area contributed by atoms with Crippen molar-refractivity contribution in [2.45, 2.75) is 19.9 Å². The number of carbonyl (C=O) groups is 1. The van der Waals surface area contributed by atoms with Crippen LogP contribution in [0.3, 0.4) is 0 Å². The van der Waals surface area contributed by atoms with Crippen LogP contribution in [-0.4, -0.2) is 24.8 Å². The predicted molar refractivity (Wildman–Crippen MR) is 97.2 cm³/mol. The van der Waals surface area contributed by atoms with E-state index < -0.39 is 5.97 Å². The molecule has 0 aliphatic heterocycles. The number of hydrogen-bond donors (Lipinski definition) is 2. The topological polar surface area (TPSA) is 67.8 Å². The van der Waals surface area contributed by atoms with Crippen LogP contribution >= 0.6 is 15.9 Å². The number of carboxylic acids is 1. The van der Waals surface area contributed by atoms with Crippen molar-refractivity contribution < 1.29 is 19.4 Å². The number of ether oxygens (including phenoxy) is 2. The standard InChI is InChI=1S/C18H20BrNO4/c1-3-8-24-17-15(19)9-12(10-16(17)23-2)11-20-14-6-4-13(5-7-14)18(21)22/h4-7,9-10,20H,3,8,11H2,1-2H3,(H,21,22). The van der Waals surface area contributed by atoms with Crippen molar-refractivity contribution in [3.8, 4) is 11.5 Å². The molecule has 0 spiro atoms. The molecule has 2 aromatic rings. The third kappa shape index (κ3) is 4.64. The van der Waals surface area contributed by atoms with Crippen LogP contribution in [0.15, 0.2) is 40.9 Å². The second-order valence-electron chi connectivity index (χ2n) is 5.19. The molecule has 24 heavy (non-hydrogen) atoms. The average molecular weight is 394 g/mol. The Hall–Kier alpha value is -2.21. The summed E-state index contributed by atoms with van der Waals surface area (Å²) in [6.07, 6.45) is 0.922. The second-order valence-corrected chi connectivity index (χ2v) is 6.05. The van der Waals surface area contributed by atoms with Gasteiger partial charge in [0, 0.05) is 12.2 Å². The van der Waals surface area contributed by atoms with Gasteiger partial charge in [0.05, 0.1) is 23.8 Å². The van der Waals surface area contributed by atoms with Gasteiger partial charge in [-0.25, -0.2) is 4.79 Å². The number of rotatable bonds is 8. The highest BCUT2D eigenvalue weighted by Crippen LogP contribution is 2.37. The lowest BCUT2D eigenvalue weighted by atomic mass is 10.1. The summed E-state index contributed by atoms with van der Waals surface area (Å²) in [4.78, 5) is 10.9. The van der Waals surface area contributed by atoms with Crippen LogP contribution in [0, 0.1) is 0 Å². The molecule has 0 aliphatic carbocycles. The molecule has 6 heteroatoms. The van der Waals surface area contributed by atoms with Gasteiger partial charge in [-0.2, -0.15) is 0 Å². The van der Waals surface area contributed by atoms with Crippen molar-refractivity contribution in [3.63, 3.8) is 0 Å². The fourth-order valence-corrected chi connectivity index (χ4v) is 2.76. The lowest BCUT2D eigenvalue weighted by Crippen LogP contribution is -2.03. The zero-order valence-electron chi connectivity index (χ0n) is 13.6. The van der Waals surface area contributed by atoms with E-state index in [-0.39, 0.29) is 5.56 Å². The summed E-state index contributed by atoms with van der Waals surface area (Å²) in [6, 6.07) is 10.5. The van der Waals surface area contributed by atoms with E-state index in [1.807, 2.05) is 19.1 Å². The monoisotopic (exact) mass is 393 g/mol. The SMILES string of the molecule is CCCOc1c(Br)cc(CNc2ccc(C(=O)O)cc2)cc1OC. The van der Waals surface area contributed by atoms with Gasteiger partial charge in [-0.05, 0) is 64.3 Å². The lowest BCUT2D eigenvalue weighted by molar-refractivity contribution is 0.0697. The number of carboxylic acid groups (broad SMARTS) is 1. The van der Waals surface area contributed by atoms with Crippen molar-refractivity contribution >= 4 is 27.6 Å². The molecule has 2 N–H and O–H groups in total. The summed E-state index contributed by atoms with van der Waals surface area (Å²) in [5.41, 5.74) is 2.13. The minimum atomic E-state index is -0.933. The molecule has 0 fully saturated rings. The Morgan fingerprint density at radius 2 is 1.96 bits per heavy atom. The van der Waals surface area contributed by atoms with Gasteiger partial charge >= 0.3 is 5.97 Å². The molecule has 0 amide bonds. The molecule has 0 aromatic heterocycles. The summed E-state index contributed by atoms with van der Waals surface area (Å²) in [6.45, 7) is 3.26. The van der Waals surface area contributed by atoms with E-state index in [1.165, 1.54) is 0 Å². The predicted octanol–water partition coefficient (Wildman–Crippen LogP) is 4.56. The number of aromatic carboxylic acids is 1. The number of anilines is 1. The first kappa shape index (κ1) is 18.1. The molecule has 0 saturated heterocycles. The number of halogens is 1. The maximum atomic E-state index is 10.9. The van der Waals surface area contributed by atoms with Gasteiger partial charge < -0.3 is 19.9 Å². The van der Waals surface area contributed by atoms with Crippen molar-refractivity contribution in [3.05, 3.63) is 52.0 Å². The lowest BCUT2D eigenvalue weighted by Gasteiger charge is -2.14. The molecule has 0 aliphatic rings. The van der Waals surface area contributed by atoms with Crippen molar-refractivity contribution in [2.24, 2.45) is 0 Å². The first-order valence-corrected chi connectivity index (χ1v) is 8.41. The molecule has 128 valence electrons. The largest absolute Gasteiger partial charge is 0.493 e. The Morgan fingerprint density at radius 1 is 1.25 bits per heavy atom. The van der Waals surface area contributed by atoms with E-state index in [4.69, 9.17) is 14.6 Å². The first-order chi connectivity index (χ1) is 11.5. The Morgan fingerprint density at radius 3 is 2.54 bits per heavy atom. The van der Waals surface area contributed by atoms with E-state index in [0.29, 0.717) is 24.7 Å². The van der Waals surface area contributed by atoms with Crippen LogP contribution in [0.2, 0.25) is 0 Å². The van der Waals surface area contributed by atoms with Crippen molar-refractivity contribution in [2.75, 3.05) is 19.0 Å². The van der Waals surface area contributed by atoms with Gasteiger partial charge in [-0.1, -0.05) is 6.92 Å². The maximum Gasteiger partial charge on any atom is 0.335 e. The summed E-state index contributed by atoms with van der Waals surface area (Å²) < 4.78 is 12.0. The van der Waals surface area contributed by atoms with Crippen LogP contribution in [0.25, 0.3) is 0 Å². The Kier molecular flexibility index (Phi) is 6.49. The molecule has 5 nitrogen and oxygen atoms in total. The minimum Gasteiger partial charge on any atom is -0.493 e. The van der Waals surface area contributed by atoms with E-state index in [1.54, 1.807) is 31.4 Å². The molecule has 0 atom stereocenters. The Bertz CT molecular complexity index is 701. The zero-order chi connectivity index (χ0) is 17.5. The molecule has 0 heterocycles. The van der Waals surface area contributed by atoms with E-state index >= 15 is 0 Å². The summed E-state index contributed by atoms with van der Waals surface area (Å²) in [5, 5.41) is 12.2. The third-order valence-corrected chi connectivity index (χ3v) is 3.96. The van der Waals surface area contributed by atoms with Gasteiger partial charge in [0.15, 0.2) is 11.5 Å². The normalized spacial score (nSPS) is 10.3. The number of hydrogen-bond acceptors (Lipinski definition) is 4. The molecular weight excluding hydrogens is 374 g/mol. The number of nitrogens with one attached hydrogen (secondary N) is 1. The highest BCUT2D eigenvalue weighted by atomic mass is 79.9. The van der Waals surface area contributed by atoms with Gasteiger partial charge in [0.25, 0.3) is 0 Å². The third-order valence-electron chi connectivity index (χ3n) is 3.37. The maximum absolute atomic E-state index is 10.9. The fourth-order valence-electron chi connectivity index (χ4n) is 2.15. The molecule has 0 radical (unpaired) electrons. The molecule has 0 saturated carbocycles. The van der Waals surface area contributed by atoms with E-state index in [0.717, 1.165) is 22.1 Å². The van der Waals surface area contributed by atoms with Crippen LogP contribution < -0.4 is 14.8 Å². The van der Waals surface area contributed by atoms with Gasteiger partial charge in [0.1, 0.15) is 0 Å². The molecule has 0 bridgehead atoms. The first-order valence-electron chi connectivity index (χ1n) is 7.61. The van der Waals surface area contributed by atoms with E-state index in [9.17, 15) is 4.79 Å². The van der Waals surface area contributed by atoms with Gasteiger partial charge in [0.2, 0.25) is 0 Å². The van der Waals surface area contributed by atoms with Gasteiger partial charge in [-0.15, -0.1) is 0 Å². The van der Waals surface area contributed by atoms with Crippen LogP contribution in [0.5, 0.6) is 11.5 Å². The number of methoxy groups -OCH3 is 1. The average Bonchev–Trinajstić information content (AvgIpc) is 2.58. The highest BCUT2D eigenvalue weighted by molar-refractivity contribution is 9.10. The molecule has 2 rings (SSSR count). The van der Waals surface area contributed by atoms with Crippen LogP contribution in [0.1, 0.15) is 29.3 Å². The zero-order valence-corrected chi connectivity index (χ0v) is 15.2. The number of benzene rings is 2. The Balaban J connectivity index is 2.09. The quantitative estimate of drug-likeness (QED) is 0.687. The van der Waals surface area contributed by atoms with Crippen molar-refractivity contribution in [1.29, 1.82) is 0 Å². The summed E-state index contributed by atoms with van der Waals surface area (Å²) in [5.74, 6) is 0.447. The molecule has 0 unspecified atom stereocenters. The minimum absolute atomic E-state index is 0.266. The summed E-state index contributed by atoms with van der Waals surface area (Å²) >= 11 is 3.52. The van der Waals surface area contributed by atoms with Gasteiger partial charge in [-0.3, -0.25) is 0 Å². The smallest absolute Gasteiger partial charge is 0.335 e. The molecule has 2 aromatic carbocycles. The second kappa shape index (κ2) is 8.59. The van der Waals surface area contributed by atoms with E-state index in [2.05, 4.69) is 21.2 Å². The fraction of sp³-hybridized carbons (Fsp3) is 0.278. The van der Waals surface area contributed by atoms with Crippen molar-refractivity contribution in [1.82, 2.24) is 0 Å². The highest BCUT2D eigenvalue weighted by Gasteiger charge is 2.11. The summed E-state index contributed by atoms with van der Waals surface area (Å²) in [7, 11) is 1.61. The van der Waals surface area contributed by atoms with Crippen LogP contribution in [0.4, 0.5) is 5.69 Å². The van der Waals surface area contributed by atoms with Crippen LogP contribution in [-0.2, 0) is 6.54 Å².